The Morgan fingerprint density at radius 2 is 2.11 bits per heavy atom. The van der Waals surface area contributed by atoms with Crippen LogP contribution in [0, 0.1) is 0 Å². The van der Waals surface area contributed by atoms with Gasteiger partial charge >= 0.3 is 5.97 Å². The molecule has 0 bridgehead atoms. The molecule has 1 heterocycles. The SMILES string of the molecule is COc1ccc(CN2CCCC2)cc1CCC(=O)O. The standard InChI is InChI=1S/C15H21NO3/c1-19-14-6-4-12(11-16-8-2-3-9-16)10-13(14)5-7-15(17)18/h4,6,10H,2-3,5,7-9,11H2,1H3,(H,17,18). The molecule has 0 unspecified atom stereocenters. The van der Waals surface area contributed by atoms with Crippen molar-refractivity contribution in [2.75, 3.05) is 20.2 Å². The maximum atomic E-state index is 10.7. The van der Waals surface area contributed by atoms with Crippen LogP contribution in [-0.2, 0) is 17.8 Å². The van der Waals surface area contributed by atoms with Crippen molar-refractivity contribution in [2.24, 2.45) is 0 Å². The molecule has 1 aromatic carbocycles. The molecule has 0 radical (unpaired) electrons. The predicted molar refractivity (Wildman–Crippen MR) is 73.5 cm³/mol. The van der Waals surface area contributed by atoms with Gasteiger partial charge in [0.25, 0.3) is 0 Å². The summed E-state index contributed by atoms with van der Waals surface area (Å²) in [4.78, 5) is 13.1. The van der Waals surface area contributed by atoms with Crippen molar-refractivity contribution in [3.05, 3.63) is 29.3 Å². The Labute approximate surface area is 114 Å². The molecule has 1 aromatic rings. The lowest BCUT2D eigenvalue weighted by Gasteiger charge is -2.16. The fraction of sp³-hybridized carbons (Fsp3) is 0.533. The van der Waals surface area contributed by atoms with Crippen molar-refractivity contribution in [1.82, 2.24) is 4.90 Å². The fourth-order valence-electron chi connectivity index (χ4n) is 2.57. The van der Waals surface area contributed by atoms with Crippen molar-refractivity contribution in [1.29, 1.82) is 0 Å². The van der Waals surface area contributed by atoms with Crippen LogP contribution in [0.4, 0.5) is 0 Å². The minimum absolute atomic E-state index is 0.142. The van der Waals surface area contributed by atoms with Gasteiger partial charge in [0.2, 0.25) is 0 Å². The predicted octanol–water partition coefficient (Wildman–Crippen LogP) is 2.31. The Balaban J connectivity index is 2.07. The first kappa shape index (κ1) is 13.9. The number of aryl methyl sites for hydroxylation is 1. The normalized spacial score (nSPS) is 15.6. The summed E-state index contributed by atoms with van der Waals surface area (Å²) in [6.45, 7) is 3.27. The van der Waals surface area contributed by atoms with Crippen LogP contribution >= 0.6 is 0 Å². The lowest BCUT2D eigenvalue weighted by Crippen LogP contribution is -2.18. The third-order valence-electron chi connectivity index (χ3n) is 3.56. The number of carbonyl (C=O) groups is 1. The summed E-state index contributed by atoms with van der Waals surface area (Å²) < 4.78 is 5.30. The number of ether oxygens (including phenoxy) is 1. The number of rotatable bonds is 6. The van der Waals surface area contributed by atoms with Crippen molar-refractivity contribution >= 4 is 5.97 Å². The van der Waals surface area contributed by atoms with Gasteiger partial charge in [-0.05, 0) is 49.5 Å². The van der Waals surface area contributed by atoms with Gasteiger partial charge < -0.3 is 9.84 Å². The number of carboxylic acid groups (broad SMARTS) is 1. The summed E-state index contributed by atoms with van der Waals surface area (Å²) in [6.07, 6.45) is 3.22. The van der Waals surface area contributed by atoms with Gasteiger partial charge in [-0.15, -0.1) is 0 Å². The van der Waals surface area contributed by atoms with E-state index in [-0.39, 0.29) is 6.42 Å². The van der Waals surface area contributed by atoms with Crippen molar-refractivity contribution < 1.29 is 14.6 Å². The van der Waals surface area contributed by atoms with Gasteiger partial charge in [0, 0.05) is 13.0 Å². The van der Waals surface area contributed by atoms with Gasteiger partial charge in [-0.1, -0.05) is 12.1 Å². The van der Waals surface area contributed by atoms with E-state index in [9.17, 15) is 4.79 Å². The van der Waals surface area contributed by atoms with E-state index in [2.05, 4.69) is 17.0 Å². The Morgan fingerprint density at radius 1 is 1.37 bits per heavy atom. The molecule has 4 nitrogen and oxygen atoms in total. The van der Waals surface area contributed by atoms with Crippen LogP contribution in [0.3, 0.4) is 0 Å². The van der Waals surface area contributed by atoms with Gasteiger partial charge in [-0.2, -0.15) is 0 Å². The Kier molecular flexibility index (Phi) is 4.80. The topological polar surface area (TPSA) is 49.8 Å². The van der Waals surface area contributed by atoms with Gasteiger partial charge in [0.1, 0.15) is 5.75 Å². The first-order chi connectivity index (χ1) is 9.19. The summed E-state index contributed by atoms with van der Waals surface area (Å²) in [7, 11) is 1.62. The third kappa shape index (κ3) is 3.96. The molecule has 104 valence electrons. The van der Waals surface area contributed by atoms with E-state index >= 15 is 0 Å². The van der Waals surface area contributed by atoms with Gasteiger partial charge in [-0.25, -0.2) is 0 Å². The van der Waals surface area contributed by atoms with Crippen LogP contribution in [0.2, 0.25) is 0 Å². The quantitative estimate of drug-likeness (QED) is 0.855. The Bertz CT molecular complexity index is 439. The van der Waals surface area contributed by atoms with E-state index in [4.69, 9.17) is 9.84 Å². The summed E-state index contributed by atoms with van der Waals surface area (Å²) in [6, 6.07) is 6.10. The van der Waals surface area contributed by atoms with E-state index in [1.165, 1.54) is 18.4 Å². The summed E-state index contributed by atoms with van der Waals surface area (Å²) >= 11 is 0. The van der Waals surface area contributed by atoms with Crippen molar-refractivity contribution in [3.63, 3.8) is 0 Å². The van der Waals surface area contributed by atoms with Crippen LogP contribution < -0.4 is 4.74 Å². The first-order valence-electron chi connectivity index (χ1n) is 6.79. The number of hydrogen-bond acceptors (Lipinski definition) is 3. The number of methoxy groups -OCH3 is 1. The summed E-state index contributed by atoms with van der Waals surface area (Å²) in [5, 5.41) is 8.79. The average Bonchev–Trinajstić information content (AvgIpc) is 2.89. The molecule has 0 aliphatic carbocycles. The molecule has 0 amide bonds. The third-order valence-corrected chi connectivity index (χ3v) is 3.56. The van der Waals surface area contributed by atoms with Gasteiger partial charge in [-0.3, -0.25) is 9.69 Å². The van der Waals surface area contributed by atoms with E-state index in [1.54, 1.807) is 7.11 Å². The van der Waals surface area contributed by atoms with Crippen LogP contribution in [0.5, 0.6) is 5.75 Å². The molecule has 0 saturated carbocycles. The molecule has 2 rings (SSSR count). The molecule has 0 aromatic heterocycles. The first-order valence-corrected chi connectivity index (χ1v) is 6.79. The highest BCUT2D eigenvalue weighted by Crippen LogP contribution is 2.23. The monoisotopic (exact) mass is 263 g/mol. The lowest BCUT2D eigenvalue weighted by molar-refractivity contribution is -0.136. The number of hydrogen-bond donors (Lipinski definition) is 1. The number of nitrogens with zero attached hydrogens (tertiary/aromatic N) is 1. The smallest absolute Gasteiger partial charge is 0.303 e. The average molecular weight is 263 g/mol. The molecule has 1 saturated heterocycles. The fourth-order valence-corrected chi connectivity index (χ4v) is 2.57. The van der Waals surface area contributed by atoms with E-state index in [0.717, 1.165) is 30.9 Å². The molecule has 1 aliphatic rings. The number of benzene rings is 1. The second-order valence-corrected chi connectivity index (χ2v) is 5.02. The molecule has 1 aliphatic heterocycles. The van der Waals surface area contributed by atoms with Crippen LogP contribution in [0.25, 0.3) is 0 Å². The summed E-state index contributed by atoms with van der Waals surface area (Å²) in [5.41, 5.74) is 2.23. The maximum Gasteiger partial charge on any atom is 0.303 e. The summed E-state index contributed by atoms with van der Waals surface area (Å²) in [5.74, 6) is 0.0124. The molecular weight excluding hydrogens is 242 g/mol. The highest BCUT2D eigenvalue weighted by atomic mass is 16.5. The molecule has 4 heteroatoms. The second kappa shape index (κ2) is 6.57. The minimum atomic E-state index is -0.771. The zero-order valence-electron chi connectivity index (χ0n) is 11.4. The van der Waals surface area contributed by atoms with Crippen molar-refractivity contribution in [2.45, 2.75) is 32.2 Å². The van der Waals surface area contributed by atoms with Crippen LogP contribution in [-0.4, -0.2) is 36.2 Å². The Morgan fingerprint density at radius 3 is 2.74 bits per heavy atom. The van der Waals surface area contributed by atoms with Crippen molar-refractivity contribution in [3.8, 4) is 5.75 Å². The zero-order chi connectivity index (χ0) is 13.7. The van der Waals surface area contributed by atoms with E-state index in [1.807, 2.05) is 6.07 Å². The second-order valence-electron chi connectivity index (χ2n) is 5.02. The molecule has 1 fully saturated rings. The highest BCUT2D eigenvalue weighted by Gasteiger charge is 2.13. The molecule has 0 atom stereocenters. The van der Waals surface area contributed by atoms with Gasteiger partial charge in [0.15, 0.2) is 0 Å². The molecule has 19 heavy (non-hydrogen) atoms. The maximum absolute atomic E-state index is 10.7. The van der Waals surface area contributed by atoms with Crippen LogP contribution in [0.15, 0.2) is 18.2 Å². The lowest BCUT2D eigenvalue weighted by atomic mass is 10.0. The van der Waals surface area contributed by atoms with Gasteiger partial charge in [0.05, 0.1) is 7.11 Å². The molecule has 1 N–H and O–H groups in total. The molecule has 0 spiro atoms. The number of carboxylic acids is 1. The molecular formula is C15H21NO3. The van der Waals surface area contributed by atoms with Crippen LogP contribution in [0.1, 0.15) is 30.4 Å². The Hall–Kier alpha value is -1.55. The minimum Gasteiger partial charge on any atom is -0.496 e. The zero-order valence-corrected chi connectivity index (χ0v) is 11.4. The van der Waals surface area contributed by atoms with E-state index < -0.39 is 5.97 Å². The largest absolute Gasteiger partial charge is 0.496 e. The van der Waals surface area contributed by atoms with E-state index in [0.29, 0.717) is 6.42 Å². The number of aliphatic carboxylic acids is 1. The highest BCUT2D eigenvalue weighted by molar-refractivity contribution is 5.67. The number of likely N-dealkylation sites (tertiary alicyclic amines) is 1.